The van der Waals surface area contributed by atoms with E-state index in [2.05, 4.69) is 6.92 Å². The first-order chi connectivity index (χ1) is 8.65. The van der Waals surface area contributed by atoms with Crippen LogP contribution in [0, 0.1) is 5.92 Å². The molecular weight excluding hydrogens is 232 g/mol. The number of hydrogen-bond acceptors (Lipinski definition) is 4. The van der Waals surface area contributed by atoms with Crippen LogP contribution in [0.5, 0.6) is 0 Å². The molecule has 0 radical (unpaired) electrons. The van der Waals surface area contributed by atoms with Crippen molar-refractivity contribution in [2.75, 3.05) is 39.5 Å². The molecule has 5 heteroatoms. The summed E-state index contributed by atoms with van der Waals surface area (Å²) in [6, 6.07) is 0. The summed E-state index contributed by atoms with van der Waals surface area (Å²) >= 11 is 0. The molecule has 2 aliphatic rings. The van der Waals surface area contributed by atoms with Gasteiger partial charge in [0.05, 0.1) is 18.8 Å². The van der Waals surface area contributed by atoms with Gasteiger partial charge in [-0.25, -0.2) is 0 Å². The Morgan fingerprint density at radius 2 is 2.22 bits per heavy atom. The number of carbonyl (C=O) groups excluding carboxylic acids is 1. The van der Waals surface area contributed by atoms with Crippen LogP contribution in [-0.2, 0) is 14.3 Å². The van der Waals surface area contributed by atoms with E-state index in [0.29, 0.717) is 38.8 Å². The summed E-state index contributed by atoms with van der Waals surface area (Å²) in [5.41, 5.74) is 5.56. The monoisotopic (exact) mass is 256 g/mol. The maximum absolute atomic E-state index is 12.0. The van der Waals surface area contributed by atoms with Gasteiger partial charge in [-0.05, 0) is 25.2 Å². The number of ether oxygens (including phenoxy) is 2. The second-order valence-electron chi connectivity index (χ2n) is 5.52. The fraction of sp³-hybridized carbons (Fsp3) is 0.923. The zero-order chi connectivity index (χ0) is 13.0. The SMILES string of the molecule is CC1CCC(CN)(OCC(=O)N2CCOCC2)C1. The lowest BCUT2D eigenvalue weighted by Crippen LogP contribution is -2.46. The second kappa shape index (κ2) is 5.99. The lowest BCUT2D eigenvalue weighted by Gasteiger charge is -2.31. The minimum atomic E-state index is -0.263. The molecule has 0 aromatic rings. The molecule has 1 amide bonds. The minimum absolute atomic E-state index is 0.0608. The number of rotatable bonds is 4. The Kier molecular flexibility index (Phi) is 4.59. The first-order valence-electron chi connectivity index (χ1n) is 6.85. The van der Waals surface area contributed by atoms with Crippen molar-refractivity contribution in [3.63, 3.8) is 0 Å². The number of amides is 1. The average Bonchev–Trinajstić information content (AvgIpc) is 2.79. The molecule has 0 bridgehead atoms. The summed E-state index contributed by atoms with van der Waals surface area (Å²) in [4.78, 5) is 13.8. The predicted octanol–water partition coefficient (Wildman–Crippen LogP) is 0.379. The van der Waals surface area contributed by atoms with Gasteiger partial charge < -0.3 is 20.1 Å². The molecule has 0 aromatic carbocycles. The second-order valence-corrected chi connectivity index (χ2v) is 5.52. The van der Waals surface area contributed by atoms with E-state index >= 15 is 0 Å². The predicted molar refractivity (Wildman–Crippen MR) is 68.2 cm³/mol. The van der Waals surface area contributed by atoms with Gasteiger partial charge in [0, 0.05) is 19.6 Å². The number of carbonyl (C=O) groups is 1. The topological polar surface area (TPSA) is 64.8 Å². The van der Waals surface area contributed by atoms with Crippen molar-refractivity contribution in [2.45, 2.75) is 31.8 Å². The van der Waals surface area contributed by atoms with Crippen LogP contribution >= 0.6 is 0 Å². The van der Waals surface area contributed by atoms with Crippen LogP contribution in [-0.4, -0.2) is 55.9 Å². The zero-order valence-corrected chi connectivity index (χ0v) is 11.2. The molecule has 104 valence electrons. The highest BCUT2D eigenvalue weighted by Gasteiger charge is 2.38. The van der Waals surface area contributed by atoms with Crippen molar-refractivity contribution < 1.29 is 14.3 Å². The summed E-state index contributed by atoms with van der Waals surface area (Å²) in [5.74, 6) is 0.706. The fourth-order valence-electron chi connectivity index (χ4n) is 2.84. The molecule has 2 rings (SSSR count). The van der Waals surface area contributed by atoms with E-state index in [-0.39, 0.29) is 18.1 Å². The van der Waals surface area contributed by atoms with Gasteiger partial charge in [-0.15, -0.1) is 0 Å². The number of nitrogens with zero attached hydrogens (tertiary/aromatic N) is 1. The largest absolute Gasteiger partial charge is 0.378 e. The summed E-state index contributed by atoms with van der Waals surface area (Å²) < 4.78 is 11.1. The standard InChI is InChI=1S/C13H24N2O3/c1-11-2-3-13(8-11,10-14)18-9-12(16)15-4-6-17-7-5-15/h11H,2-10,14H2,1H3. The van der Waals surface area contributed by atoms with Crippen LogP contribution in [0.2, 0.25) is 0 Å². The van der Waals surface area contributed by atoms with Crippen molar-refractivity contribution in [1.29, 1.82) is 0 Å². The fourth-order valence-corrected chi connectivity index (χ4v) is 2.84. The average molecular weight is 256 g/mol. The zero-order valence-electron chi connectivity index (χ0n) is 11.2. The van der Waals surface area contributed by atoms with Gasteiger partial charge in [-0.2, -0.15) is 0 Å². The molecule has 2 atom stereocenters. The van der Waals surface area contributed by atoms with E-state index in [0.717, 1.165) is 19.3 Å². The van der Waals surface area contributed by atoms with Crippen LogP contribution in [0.15, 0.2) is 0 Å². The molecule has 1 heterocycles. The highest BCUT2D eigenvalue weighted by Crippen LogP contribution is 2.36. The summed E-state index contributed by atoms with van der Waals surface area (Å²) in [7, 11) is 0. The highest BCUT2D eigenvalue weighted by atomic mass is 16.5. The van der Waals surface area contributed by atoms with E-state index in [4.69, 9.17) is 15.2 Å². The van der Waals surface area contributed by atoms with Crippen LogP contribution in [0.4, 0.5) is 0 Å². The quantitative estimate of drug-likeness (QED) is 0.790. The van der Waals surface area contributed by atoms with E-state index < -0.39 is 0 Å². The normalized spacial score (nSPS) is 32.8. The first-order valence-corrected chi connectivity index (χ1v) is 6.85. The molecule has 18 heavy (non-hydrogen) atoms. The van der Waals surface area contributed by atoms with Crippen LogP contribution in [0.1, 0.15) is 26.2 Å². The van der Waals surface area contributed by atoms with Gasteiger partial charge >= 0.3 is 0 Å². The van der Waals surface area contributed by atoms with Gasteiger partial charge in [0.2, 0.25) is 5.91 Å². The molecule has 0 spiro atoms. The molecule has 1 aliphatic carbocycles. The molecule has 1 saturated heterocycles. The lowest BCUT2D eigenvalue weighted by atomic mass is 10.0. The van der Waals surface area contributed by atoms with Gasteiger partial charge in [0.15, 0.2) is 0 Å². The van der Waals surface area contributed by atoms with Crippen molar-refractivity contribution in [3.8, 4) is 0 Å². The van der Waals surface area contributed by atoms with E-state index in [1.807, 2.05) is 4.90 Å². The van der Waals surface area contributed by atoms with Crippen LogP contribution < -0.4 is 5.73 Å². The highest BCUT2D eigenvalue weighted by molar-refractivity contribution is 5.77. The molecule has 2 N–H and O–H groups in total. The van der Waals surface area contributed by atoms with E-state index in [1.165, 1.54) is 0 Å². The molecular formula is C13H24N2O3. The van der Waals surface area contributed by atoms with E-state index in [1.54, 1.807) is 0 Å². The Bertz CT molecular complexity index is 292. The van der Waals surface area contributed by atoms with Crippen LogP contribution in [0.25, 0.3) is 0 Å². The summed E-state index contributed by atoms with van der Waals surface area (Å²) in [6.07, 6.45) is 3.09. The Morgan fingerprint density at radius 1 is 1.50 bits per heavy atom. The van der Waals surface area contributed by atoms with Gasteiger partial charge in [0.1, 0.15) is 6.61 Å². The molecule has 2 fully saturated rings. The maximum Gasteiger partial charge on any atom is 0.248 e. The Labute approximate surface area is 109 Å². The van der Waals surface area contributed by atoms with Gasteiger partial charge in [-0.3, -0.25) is 4.79 Å². The summed E-state index contributed by atoms with van der Waals surface area (Å²) in [5, 5.41) is 0. The third-order valence-electron chi connectivity index (χ3n) is 4.05. The Balaban J connectivity index is 1.80. The Morgan fingerprint density at radius 3 is 2.78 bits per heavy atom. The van der Waals surface area contributed by atoms with Crippen molar-refractivity contribution >= 4 is 5.91 Å². The van der Waals surface area contributed by atoms with Gasteiger partial charge in [-0.1, -0.05) is 6.92 Å². The number of morpholine rings is 1. The Hall–Kier alpha value is -0.650. The van der Waals surface area contributed by atoms with Crippen molar-refractivity contribution in [2.24, 2.45) is 11.7 Å². The smallest absolute Gasteiger partial charge is 0.248 e. The van der Waals surface area contributed by atoms with Gasteiger partial charge in [0.25, 0.3) is 0 Å². The van der Waals surface area contributed by atoms with E-state index in [9.17, 15) is 4.79 Å². The maximum atomic E-state index is 12.0. The molecule has 5 nitrogen and oxygen atoms in total. The third-order valence-corrected chi connectivity index (χ3v) is 4.05. The van der Waals surface area contributed by atoms with Crippen LogP contribution in [0.3, 0.4) is 0 Å². The number of nitrogens with two attached hydrogens (primary N) is 1. The molecule has 2 unspecified atom stereocenters. The van der Waals surface area contributed by atoms with Crippen molar-refractivity contribution in [3.05, 3.63) is 0 Å². The summed E-state index contributed by atoms with van der Waals surface area (Å²) in [6.45, 7) is 5.49. The molecule has 0 aromatic heterocycles. The lowest BCUT2D eigenvalue weighted by molar-refractivity contribution is -0.146. The third kappa shape index (κ3) is 3.22. The first kappa shape index (κ1) is 13.8. The molecule has 1 saturated carbocycles. The minimum Gasteiger partial charge on any atom is -0.378 e. The number of hydrogen-bond donors (Lipinski definition) is 1. The van der Waals surface area contributed by atoms with Crippen molar-refractivity contribution in [1.82, 2.24) is 4.90 Å². The molecule has 1 aliphatic heterocycles.